The first-order valence-corrected chi connectivity index (χ1v) is 9.20. The molecule has 0 radical (unpaired) electrons. The number of carbonyl (C=O) groups is 1. The molecule has 0 saturated carbocycles. The minimum absolute atomic E-state index is 0.0175. The van der Waals surface area contributed by atoms with Crippen molar-refractivity contribution in [1.29, 1.82) is 0 Å². The molecule has 1 fully saturated rings. The Hall–Kier alpha value is -1.52. The first kappa shape index (κ1) is 18.8. The van der Waals surface area contributed by atoms with E-state index in [-0.39, 0.29) is 24.7 Å². The van der Waals surface area contributed by atoms with E-state index in [9.17, 15) is 13.2 Å². The molecule has 2 bridgehead atoms. The number of benzene rings is 1. The van der Waals surface area contributed by atoms with Gasteiger partial charge in [0.25, 0.3) is 10.1 Å². The average molecular weight is 359 g/mol. The van der Waals surface area contributed by atoms with Gasteiger partial charge in [0, 0.05) is 25.3 Å². The Morgan fingerprint density at radius 3 is 2.50 bits per heavy atom. The van der Waals surface area contributed by atoms with Crippen molar-refractivity contribution in [3.05, 3.63) is 35.4 Å². The van der Waals surface area contributed by atoms with Crippen LogP contribution >= 0.6 is 0 Å². The fraction of sp³-hybridized carbons (Fsp3) is 0.533. The molecular weight excluding hydrogens is 338 g/mol. The molecule has 1 saturated heterocycles. The summed E-state index contributed by atoms with van der Waals surface area (Å²) in [6.07, 6.45) is 0.699. The van der Waals surface area contributed by atoms with Crippen LogP contribution < -0.4 is 5.32 Å². The lowest BCUT2D eigenvalue weighted by Crippen LogP contribution is -2.25. The molecule has 24 heavy (non-hydrogen) atoms. The summed E-state index contributed by atoms with van der Waals surface area (Å²) in [7, 11) is -1.85. The van der Waals surface area contributed by atoms with E-state index in [4.69, 9.17) is 18.8 Å². The molecule has 3 aliphatic rings. The number of methoxy groups -OCH3 is 1. The van der Waals surface area contributed by atoms with Gasteiger partial charge in [-0.3, -0.25) is 4.18 Å². The summed E-state index contributed by atoms with van der Waals surface area (Å²) in [6, 6.07) is 7.09. The van der Waals surface area contributed by atoms with Gasteiger partial charge in [0.15, 0.2) is 0 Å². The summed E-state index contributed by atoms with van der Waals surface area (Å²) in [6.45, 7) is 0.502. The Morgan fingerprint density at radius 2 is 2.00 bits per heavy atom. The largest absolute Gasteiger partial charge is 0.428 e. The highest BCUT2D eigenvalue weighted by atomic mass is 32.2. The highest BCUT2D eigenvalue weighted by Gasteiger charge is 2.26. The predicted octanol–water partition coefficient (Wildman–Crippen LogP) is 0.187. The van der Waals surface area contributed by atoms with Gasteiger partial charge < -0.3 is 19.9 Å². The molecule has 0 amide bonds. The topological polar surface area (TPSA) is 111 Å². The summed E-state index contributed by atoms with van der Waals surface area (Å²) in [4.78, 5) is 11.2. The molecule has 1 aromatic rings. The summed E-state index contributed by atoms with van der Waals surface area (Å²) >= 11 is 0. The molecule has 3 unspecified atom stereocenters. The summed E-state index contributed by atoms with van der Waals surface area (Å²) < 4.78 is 36.0. The third kappa shape index (κ3) is 5.25. The lowest BCUT2D eigenvalue weighted by molar-refractivity contribution is -0.0913. The highest BCUT2D eigenvalue weighted by molar-refractivity contribution is 7.86. The van der Waals surface area contributed by atoms with Crippen molar-refractivity contribution < 1.29 is 32.0 Å². The van der Waals surface area contributed by atoms with E-state index in [0.717, 1.165) is 11.8 Å². The van der Waals surface area contributed by atoms with Gasteiger partial charge in [-0.1, -0.05) is 12.1 Å². The van der Waals surface area contributed by atoms with E-state index in [1.54, 1.807) is 12.1 Å². The van der Waals surface area contributed by atoms with Crippen molar-refractivity contribution in [2.24, 2.45) is 0 Å². The highest BCUT2D eigenvalue weighted by Crippen LogP contribution is 2.24. The maximum absolute atomic E-state index is 11.2. The predicted molar refractivity (Wildman–Crippen MR) is 84.8 cm³/mol. The number of nitrogens with one attached hydrogen (secondary N) is 1. The Morgan fingerprint density at radius 1 is 1.33 bits per heavy atom. The van der Waals surface area contributed by atoms with Gasteiger partial charge in [0.2, 0.25) is 6.29 Å². The summed E-state index contributed by atoms with van der Waals surface area (Å²) in [5, 5.41) is 11.7. The van der Waals surface area contributed by atoms with E-state index in [1.807, 2.05) is 12.1 Å². The van der Waals surface area contributed by atoms with Crippen LogP contribution in [0, 0.1) is 0 Å². The molecule has 0 aromatic heterocycles. The van der Waals surface area contributed by atoms with Crippen LogP contribution in [0.2, 0.25) is 0 Å². The molecule has 1 aromatic carbocycles. The number of fused-ring (bicyclic) bond motifs is 4. The summed E-state index contributed by atoms with van der Waals surface area (Å²) in [5.74, 6) is -0.332. The smallest absolute Gasteiger partial charge is 0.340 e. The van der Waals surface area contributed by atoms with Crippen LogP contribution in [-0.4, -0.2) is 58.2 Å². The summed E-state index contributed by atoms with van der Waals surface area (Å²) in [5.41, 5.74) is 1.44. The van der Waals surface area contributed by atoms with E-state index in [1.165, 1.54) is 7.11 Å². The zero-order chi connectivity index (χ0) is 17.7. The Balaban J connectivity index is 0.000000174. The number of ether oxygens (including phenoxy) is 2. The quantitative estimate of drug-likeness (QED) is 0.579. The SMILES string of the molecule is COC1OC(=O)c2ccc1cc2.CS(=O)(=O)OC1CNC(CO)C1. The molecular formula is C15H21NO7S. The maximum Gasteiger partial charge on any atom is 0.340 e. The van der Waals surface area contributed by atoms with Gasteiger partial charge >= 0.3 is 5.97 Å². The van der Waals surface area contributed by atoms with Crippen LogP contribution in [-0.2, 0) is 23.8 Å². The number of hydrogen-bond acceptors (Lipinski definition) is 8. The molecule has 9 heteroatoms. The zero-order valence-corrected chi connectivity index (χ0v) is 14.3. The fourth-order valence-electron chi connectivity index (χ4n) is 2.44. The van der Waals surface area contributed by atoms with Crippen LogP contribution in [0.25, 0.3) is 0 Å². The second-order valence-corrected chi connectivity index (χ2v) is 7.14. The third-order valence-corrected chi connectivity index (χ3v) is 4.18. The average Bonchev–Trinajstić information content (AvgIpc) is 2.86. The van der Waals surface area contributed by atoms with Crippen molar-refractivity contribution in [3.8, 4) is 0 Å². The second kappa shape index (κ2) is 8.04. The molecule has 4 rings (SSSR count). The number of aliphatic hydroxyl groups is 1. The third-order valence-electron chi connectivity index (χ3n) is 3.56. The van der Waals surface area contributed by atoms with Crippen molar-refractivity contribution in [2.75, 3.05) is 26.5 Å². The standard InChI is InChI=1S/C9H8O3.C6H13NO4S/c1-11-9-7-4-2-6(3-5-7)8(10)12-9;1-12(9,10)11-6-2-5(4-8)7-3-6/h2-5,9H,1H3;5-8H,2-4H2,1H3. The number of hydrogen-bond donors (Lipinski definition) is 2. The normalized spacial score (nSPS) is 25.6. The molecule has 3 aliphatic heterocycles. The molecule has 134 valence electrons. The molecule has 8 nitrogen and oxygen atoms in total. The van der Waals surface area contributed by atoms with Gasteiger partial charge in [0.1, 0.15) is 0 Å². The maximum atomic E-state index is 11.2. The molecule has 3 heterocycles. The number of rotatable bonds is 4. The molecule has 0 aliphatic carbocycles. The van der Waals surface area contributed by atoms with Gasteiger partial charge in [-0.15, -0.1) is 0 Å². The molecule has 0 spiro atoms. The Kier molecular flexibility index (Phi) is 6.30. The van der Waals surface area contributed by atoms with Crippen molar-refractivity contribution in [3.63, 3.8) is 0 Å². The van der Waals surface area contributed by atoms with Crippen LogP contribution in [0.3, 0.4) is 0 Å². The first-order valence-electron chi connectivity index (χ1n) is 7.38. The monoisotopic (exact) mass is 359 g/mol. The zero-order valence-electron chi connectivity index (χ0n) is 13.5. The minimum Gasteiger partial charge on any atom is -0.428 e. The van der Waals surface area contributed by atoms with Gasteiger partial charge in [-0.05, 0) is 18.6 Å². The fourth-order valence-corrected chi connectivity index (χ4v) is 3.08. The van der Waals surface area contributed by atoms with E-state index in [0.29, 0.717) is 18.5 Å². The van der Waals surface area contributed by atoms with E-state index in [2.05, 4.69) is 5.32 Å². The Bertz CT molecular complexity index is 659. The van der Waals surface area contributed by atoms with Crippen LogP contribution in [0.15, 0.2) is 24.3 Å². The Labute approximate surface area is 140 Å². The van der Waals surface area contributed by atoms with E-state index < -0.39 is 16.4 Å². The van der Waals surface area contributed by atoms with Crippen molar-refractivity contribution in [2.45, 2.75) is 24.9 Å². The van der Waals surface area contributed by atoms with Crippen LogP contribution in [0.4, 0.5) is 0 Å². The van der Waals surface area contributed by atoms with Crippen LogP contribution in [0.1, 0.15) is 28.6 Å². The van der Waals surface area contributed by atoms with Crippen molar-refractivity contribution in [1.82, 2.24) is 5.32 Å². The lowest BCUT2D eigenvalue weighted by Gasteiger charge is -2.11. The second-order valence-electron chi connectivity index (χ2n) is 5.54. The first-order chi connectivity index (χ1) is 11.3. The number of aliphatic hydroxyl groups excluding tert-OH is 1. The molecule has 3 atom stereocenters. The number of carbonyl (C=O) groups excluding carboxylic acids is 1. The molecule has 2 N–H and O–H groups in total. The van der Waals surface area contributed by atoms with Gasteiger partial charge in [0.05, 0.1) is 24.5 Å². The van der Waals surface area contributed by atoms with Crippen LogP contribution in [0.5, 0.6) is 0 Å². The lowest BCUT2D eigenvalue weighted by atomic mass is 10.2. The van der Waals surface area contributed by atoms with E-state index >= 15 is 0 Å². The van der Waals surface area contributed by atoms with Gasteiger partial charge in [-0.25, -0.2) is 4.79 Å². The van der Waals surface area contributed by atoms with Gasteiger partial charge in [-0.2, -0.15) is 8.42 Å². The van der Waals surface area contributed by atoms with Crippen molar-refractivity contribution >= 4 is 16.1 Å². The minimum atomic E-state index is -3.36. The number of esters is 1.